The quantitative estimate of drug-likeness (QED) is 0.780. The first-order valence-corrected chi connectivity index (χ1v) is 4.88. The minimum Gasteiger partial charge on any atom is -0.480 e. The molecule has 5 nitrogen and oxygen atoms in total. The van der Waals surface area contributed by atoms with Crippen LogP contribution in [0.1, 0.15) is 5.56 Å². The molecule has 0 saturated heterocycles. The number of hydrogen-bond acceptors (Lipinski definition) is 3. The highest BCUT2D eigenvalue weighted by molar-refractivity contribution is 5.86. The van der Waals surface area contributed by atoms with Gasteiger partial charge in [-0.25, -0.2) is 4.79 Å². The molecule has 0 amide bonds. The number of carboxylic acids is 2. The summed E-state index contributed by atoms with van der Waals surface area (Å²) in [6.07, 6.45) is 0.360. The van der Waals surface area contributed by atoms with E-state index in [1.54, 1.807) is 12.1 Å². The van der Waals surface area contributed by atoms with Crippen molar-refractivity contribution in [3.8, 4) is 0 Å². The van der Waals surface area contributed by atoms with E-state index in [2.05, 4.69) is 0 Å². The smallest absolute Gasteiger partial charge is 0.326 e. The molecule has 0 radical (unpaired) electrons. The van der Waals surface area contributed by atoms with E-state index >= 15 is 0 Å². The lowest BCUT2D eigenvalue weighted by atomic mass is 10.1. The topological polar surface area (TPSA) is 77.8 Å². The van der Waals surface area contributed by atoms with Gasteiger partial charge in [0, 0.05) is 12.1 Å². The molecule has 5 heteroatoms. The first kappa shape index (κ1) is 10.5. The third kappa shape index (κ3) is 1.71. The molecule has 0 spiro atoms. The largest absolute Gasteiger partial charge is 0.480 e. The van der Waals surface area contributed by atoms with Crippen molar-refractivity contribution < 1.29 is 19.8 Å². The average molecular weight is 221 g/mol. The van der Waals surface area contributed by atoms with E-state index in [-0.39, 0.29) is 6.54 Å². The second-order valence-electron chi connectivity index (χ2n) is 3.71. The van der Waals surface area contributed by atoms with Gasteiger partial charge in [0.2, 0.25) is 0 Å². The summed E-state index contributed by atoms with van der Waals surface area (Å²) < 4.78 is 0. The molecule has 16 heavy (non-hydrogen) atoms. The van der Waals surface area contributed by atoms with Crippen LogP contribution in [0.3, 0.4) is 0 Å². The van der Waals surface area contributed by atoms with Crippen LogP contribution in [-0.2, 0) is 16.0 Å². The molecule has 0 saturated carbocycles. The molecule has 2 N–H and O–H groups in total. The number of hydrogen-bond donors (Lipinski definition) is 2. The van der Waals surface area contributed by atoms with Crippen LogP contribution in [0.15, 0.2) is 24.3 Å². The molecule has 1 unspecified atom stereocenters. The molecule has 1 atom stereocenters. The fraction of sp³-hybridized carbons (Fsp3) is 0.273. The molecule has 2 rings (SSSR count). The van der Waals surface area contributed by atoms with E-state index in [1.807, 2.05) is 12.1 Å². The van der Waals surface area contributed by atoms with Crippen LogP contribution in [0.25, 0.3) is 0 Å². The molecule has 0 aromatic heterocycles. The summed E-state index contributed by atoms with van der Waals surface area (Å²) in [4.78, 5) is 23.1. The lowest BCUT2D eigenvalue weighted by molar-refractivity contribution is -0.138. The van der Waals surface area contributed by atoms with Crippen molar-refractivity contribution in [3.05, 3.63) is 29.8 Å². The Balaban J connectivity index is 2.35. The predicted molar refractivity (Wildman–Crippen MR) is 56.6 cm³/mol. The molecule has 0 aliphatic carbocycles. The van der Waals surface area contributed by atoms with Gasteiger partial charge in [0.15, 0.2) is 0 Å². The number of carboxylic acid groups (broad SMARTS) is 2. The normalized spacial score (nSPS) is 18.2. The number of aliphatic carboxylic acids is 2. The average Bonchev–Trinajstić information content (AvgIpc) is 2.57. The molecular formula is C11H11NO4. The molecule has 0 fully saturated rings. The SMILES string of the molecule is O=C(O)CN1c2ccccc2CC1C(=O)O. The van der Waals surface area contributed by atoms with Crippen LogP contribution < -0.4 is 4.90 Å². The van der Waals surface area contributed by atoms with Gasteiger partial charge in [0.1, 0.15) is 12.6 Å². The van der Waals surface area contributed by atoms with Crippen LogP contribution >= 0.6 is 0 Å². The number of para-hydroxylation sites is 1. The van der Waals surface area contributed by atoms with Crippen molar-refractivity contribution in [2.75, 3.05) is 11.4 Å². The zero-order valence-electron chi connectivity index (χ0n) is 8.46. The Kier molecular flexibility index (Phi) is 2.52. The Morgan fingerprint density at radius 1 is 1.31 bits per heavy atom. The van der Waals surface area contributed by atoms with Crippen LogP contribution in [0.5, 0.6) is 0 Å². The van der Waals surface area contributed by atoms with Crippen LogP contribution in [-0.4, -0.2) is 34.7 Å². The van der Waals surface area contributed by atoms with Crippen molar-refractivity contribution >= 4 is 17.6 Å². The Hall–Kier alpha value is -2.04. The van der Waals surface area contributed by atoms with Crippen molar-refractivity contribution in [2.45, 2.75) is 12.5 Å². The highest BCUT2D eigenvalue weighted by Gasteiger charge is 2.34. The summed E-state index contributed by atoms with van der Waals surface area (Å²) in [5.74, 6) is -2.01. The number of benzene rings is 1. The maximum absolute atomic E-state index is 11.0. The summed E-state index contributed by atoms with van der Waals surface area (Å²) in [5.41, 5.74) is 1.59. The Morgan fingerprint density at radius 2 is 2.00 bits per heavy atom. The van der Waals surface area contributed by atoms with Crippen molar-refractivity contribution in [2.24, 2.45) is 0 Å². The minimum absolute atomic E-state index is 0.284. The Bertz CT molecular complexity index is 443. The molecule has 84 valence electrons. The van der Waals surface area contributed by atoms with Gasteiger partial charge in [-0.1, -0.05) is 18.2 Å². The minimum atomic E-state index is -1.03. The Labute approximate surface area is 91.9 Å². The highest BCUT2D eigenvalue weighted by atomic mass is 16.4. The number of nitrogens with zero attached hydrogens (tertiary/aromatic N) is 1. The zero-order valence-corrected chi connectivity index (χ0v) is 8.46. The van der Waals surface area contributed by atoms with E-state index in [9.17, 15) is 9.59 Å². The van der Waals surface area contributed by atoms with Crippen LogP contribution in [0.4, 0.5) is 5.69 Å². The molecule has 0 bridgehead atoms. The second-order valence-corrected chi connectivity index (χ2v) is 3.71. The summed E-state index contributed by atoms with van der Waals surface area (Å²) in [6, 6.07) is 6.40. The maximum Gasteiger partial charge on any atom is 0.326 e. The van der Waals surface area contributed by atoms with E-state index < -0.39 is 18.0 Å². The summed E-state index contributed by atoms with van der Waals surface area (Å²) in [6.45, 7) is -0.284. The van der Waals surface area contributed by atoms with E-state index in [0.717, 1.165) is 5.56 Å². The third-order valence-corrected chi connectivity index (χ3v) is 2.68. The highest BCUT2D eigenvalue weighted by Crippen LogP contribution is 2.31. The number of anilines is 1. The van der Waals surface area contributed by atoms with E-state index in [4.69, 9.17) is 10.2 Å². The number of fused-ring (bicyclic) bond motifs is 1. The summed E-state index contributed by atoms with van der Waals surface area (Å²) >= 11 is 0. The summed E-state index contributed by atoms with van der Waals surface area (Å²) in [7, 11) is 0. The monoisotopic (exact) mass is 221 g/mol. The Morgan fingerprint density at radius 3 is 2.62 bits per heavy atom. The lowest BCUT2D eigenvalue weighted by Crippen LogP contribution is -2.41. The van der Waals surface area contributed by atoms with Crippen LogP contribution in [0, 0.1) is 0 Å². The standard InChI is InChI=1S/C11H11NO4/c13-10(14)6-12-8-4-2-1-3-7(8)5-9(12)11(15)16/h1-4,9H,5-6H2,(H,13,14)(H,15,16). The third-order valence-electron chi connectivity index (χ3n) is 2.68. The fourth-order valence-electron chi connectivity index (χ4n) is 2.01. The number of rotatable bonds is 3. The molecule has 1 aliphatic rings. The van der Waals surface area contributed by atoms with Gasteiger partial charge in [-0.3, -0.25) is 4.79 Å². The van der Waals surface area contributed by atoms with Gasteiger partial charge in [-0.2, -0.15) is 0 Å². The van der Waals surface area contributed by atoms with Crippen LogP contribution in [0.2, 0.25) is 0 Å². The van der Waals surface area contributed by atoms with Crippen molar-refractivity contribution in [1.82, 2.24) is 0 Å². The summed E-state index contributed by atoms with van der Waals surface area (Å²) in [5, 5.41) is 17.8. The van der Waals surface area contributed by atoms with Crippen molar-refractivity contribution in [1.29, 1.82) is 0 Å². The van der Waals surface area contributed by atoms with Crippen molar-refractivity contribution in [3.63, 3.8) is 0 Å². The van der Waals surface area contributed by atoms with E-state index in [0.29, 0.717) is 12.1 Å². The first-order chi connectivity index (χ1) is 7.59. The van der Waals surface area contributed by atoms with Gasteiger partial charge in [-0.15, -0.1) is 0 Å². The lowest BCUT2D eigenvalue weighted by Gasteiger charge is -2.22. The predicted octanol–water partition coefficient (Wildman–Crippen LogP) is 0.587. The van der Waals surface area contributed by atoms with Gasteiger partial charge >= 0.3 is 11.9 Å². The molecule has 1 aromatic carbocycles. The molecule has 1 heterocycles. The molecular weight excluding hydrogens is 210 g/mol. The molecule has 1 aromatic rings. The second kappa shape index (κ2) is 3.84. The van der Waals surface area contributed by atoms with Gasteiger partial charge in [0.05, 0.1) is 0 Å². The maximum atomic E-state index is 11.0. The van der Waals surface area contributed by atoms with E-state index in [1.165, 1.54) is 4.90 Å². The molecule has 1 aliphatic heterocycles. The van der Waals surface area contributed by atoms with Gasteiger partial charge < -0.3 is 15.1 Å². The van der Waals surface area contributed by atoms with Gasteiger partial charge in [-0.05, 0) is 11.6 Å². The number of carbonyl (C=O) groups is 2. The van der Waals surface area contributed by atoms with Gasteiger partial charge in [0.25, 0.3) is 0 Å². The fourth-order valence-corrected chi connectivity index (χ4v) is 2.01. The zero-order chi connectivity index (χ0) is 11.7. The first-order valence-electron chi connectivity index (χ1n) is 4.88.